The van der Waals surface area contributed by atoms with Gasteiger partial charge in [-0.3, -0.25) is 9.05 Å². The van der Waals surface area contributed by atoms with E-state index in [1.54, 1.807) is 0 Å². The summed E-state index contributed by atoms with van der Waals surface area (Å²) in [6, 6.07) is 7.77. The molecule has 0 atom stereocenters. The summed E-state index contributed by atoms with van der Waals surface area (Å²) in [5, 5.41) is 0. The highest BCUT2D eigenvalue weighted by molar-refractivity contribution is 7.62. The molecule has 0 saturated carbocycles. The molecule has 0 radical (unpaired) electrons. The zero-order chi connectivity index (χ0) is 11.1. The molecule has 1 heterocycles. The summed E-state index contributed by atoms with van der Waals surface area (Å²) in [5.74, 6) is 1.65. The Hall–Kier alpha value is -0.830. The van der Waals surface area contributed by atoms with Crippen LogP contribution in [0.25, 0.3) is 0 Å². The van der Waals surface area contributed by atoms with Crippen LogP contribution in [-0.4, -0.2) is 37.5 Å². The molecule has 0 fully saturated rings. The first kappa shape index (κ1) is 10.7. The van der Waals surface area contributed by atoms with Crippen molar-refractivity contribution in [3.05, 3.63) is 24.3 Å². The van der Waals surface area contributed by atoms with Crippen LogP contribution < -0.4 is 9.05 Å². The highest BCUT2D eigenvalue weighted by Gasteiger charge is 2.58. The fourth-order valence-electron chi connectivity index (χ4n) is 1.56. The van der Waals surface area contributed by atoms with Crippen molar-refractivity contribution < 1.29 is 9.05 Å². The maximum atomic E-state index is 5.96. The molecule has 0 unspecified atom stereocenters. The van der Waals surface area contributed by atoms with E-state index in [2.05, 4.69) is 0 Å². The largest absolute Gasteiger partial charge is 0.522 e. The van der Waals surface area contributed by atoms with E-state index in [0.717, 1.165) is 11.5 Å². The normalized spacial score (nSPS) is 17.5. The molecule has 1 aliphatic heterocycles. The second-order valence-corrected chi connectivity index (χ2v) is 6.76. The summed E-state index contributed by atoms with van der Waals surface area (Å²) in [6.07, 6.45) is 0. The van der Waals surface area contributed by atoms with Gasteiger partial charge in [-0.05, 0) is 12.1 Å². The lowest BCUT2D eigenvalue weighted by atomic mass is 10.3. The van der Waals surface area contributed by atoms with Gasteiger partial charge in [-0.1, -0.05) is 12.1 Å². The molecule has 4 nitrogen and oxygen atoms in total. The Morgan fingerprint density at radius 1 is 0.867 bits per heavy atom. The topological polar surface area (TPSA) is 24.9 Å². The third kappa shape index (κ3) is 1.59. The average Bonchev–Trinajstić information content (AvgIpc) is 2.57. The smallest absolute Gasteiger partial charge is 0.268 e. The number of para-hydroxylation sites is 2. The fourth-order valence-corrected chi connectivity index (χ4v) is 3.78. The molecular formula is C10H16N2O2P+. The van der Waals surface area contributed by atoms with Crippen LogP contribution in [0.4, 0.5) is 0 Å². The van der Waals surface area contributed by atoms with Crippen molar-refractivity contribution in [2.24, 2.45) is 0 Å². The fraction of sp³-hybridized carbons (Fsp3) is 0.400. The summed E-state index contributed by atoms with van der Waals surface area (Å²) in [7, 11) is 5.78. The highest BCUT2D eigenvalue weighted by atomic mass is 31.2. The number of hydrogen-bond acceptors (Lipinski definition) is 4. The van der Waals surface area contributed by atoms with Crippen LogP contribution in [0, 0.1) is 0 Å². The second kappa shape index (κ2) is 3.63. The predicted octanol–water partition coefficient (Wildman–Crippen LogP) is 2.26. The Kier molecular flexibility index (Phi) is 2.59. The van der Waals surface area contributed by atoms with Gasteiger partial charge >= 0.3 is 8.02 Å². The molecule has 0 aliphatic carbocycles. The first-order chi connectivity index (χ1) is 7.06. The summed E-state index contributed by atoms with van der Waals surface area (Å²) < 4.78 is 15.9. The predicted molar refractivity (Wildman–Crippen MR) is 62.0 cm³/mol. The van der Waals surface area contributed by atoms with E-state index in [-0.39, 0.29) is 0 Å². The molecule has 5 heteroatoms. The van der Waals surface area contributed by atoms with Gasteiger partial charge in [0.1, 0.15) is 0 Å². The van der Waals surface area contributed by atoms with Crippen molar-refractivity contribution >= 4 is 8.02 Å². The van der Waals surface area contributed by atoms with E-state index in [4.69, 9.17) is 9.05 Å². The Labute approximate surface area is 91.0 Å². The Balaban J connectivity index is 2.36. The Morgan fingerprint density at radius 3 is 1.60 bits per heavy atom. The molecule has 0 N–H and O–H groups in total. The quantitative estimate of drug-likeness (QED) is 0.723. The molecule has 1 aromatic rings. The lowest BCUT2D eigenvalue weighted by Gasteiger charge is -2.25. The lowest BCUT2D eigenvalue weighted by molar-refractivity contribution is 0.360. The molecule has 0 bridgehead atoms. The van der Waals surface area contributed by atoms with Crippen LogP contribution in [0.2, 0.25) is 0 Å². The van der Waals surface area contributed by atoms with E-state index in [1.807, 2.05) is 61.8 Å². The monoisotopic (exact) mass is 227 g/mol. The minimum atomic E-state index is -2.11. The van der Waals surface area contributed by atoms with E-state index >= 15 is 0 Å². The van der Waals surface area contributed by atoms with Crippen molar-refractivity contribution in [3.8, 4) is 11.5 Å². The third-order valence-electron chi connectivity index (χ3n) is 2.29. The molecule has 0 spiro atoms. The van der Waals surface area contributed by atoms with Crippen LogP contribution in [0.5, 0.6) is 11.5 Å². The van der Waals surface area contributed by atoms with Crippen LogP contribution in [0.3, 0.4) is 0 Å². The second-order valence-electron chi connectivity index (χ2n) is 3.81. The summed E-state index contributed by atoms with van der Waals surface area (Å²) in [6.45, 7) is 0. The molecule has 15 heavy (non-hydrogen) atoms. The van der Waals surface area contributed by atoms with E-state index in [9.17, 15) is 0 Å². The number of nitrogens with zero attached hydrogens (tertiary/aromatic N) is 2. The van der Waals surface area contributed by atoms with Gasteiger partial charge in [0.2, 0.25) is 11.5 Å². The molecule has 0 aromatic heterocycles. The van der Waals surface area contributed by atoms with Crippen molar-refractivity contribution in [1.29, 1.82) is 0 Å². The van der Waals surface area contributed by atoms with Gasteiger partial charge in [-0.2, -0.15) is 0 Å². The first-order valence-corrected chi connectivity index (χ1v) is 6.32. The number of fused-ring (bicyclic) bond motifs is 1. The van der Waals surface area contributed by atoms with Crippen molar-refractivity contribution in [3.63, 3.8) is 0 Å². The van der Waals surface area contributed by atoms with Gasteiger partial charge in [0.05, 0.1) is 0 Å². The summed E-state index contributed by atoms with van der Waals surface area (Å²) in [5.41, 5.74) is 0. The van der Waals surface area contributed by atoms with E-state index in [0.29, 0.717) is 0 Å². The number of benzene rings is 1. The summed E-state index contributed by atoms with van der Waals surface area (Å²) >= 11 is 0. The zero-order valence-corrected chi connectivity index (χ0v) is 10.4. The SMILES string of the molecule is CN(C)[P+]1(N(C)C)Oc2ccccc2O1. The Bertz CT molecular complexity index is 333. The molecule has 82 valence electrons. The number of hydrogen-bond donors (Lipinski definition) is 0. The standard InChI is InChI=1S/C10H16N2O2P/c1-11(2)15(12(3)4)13-9-7-5-6-8-10(9)14-15/h5-8H,1-4H3/q+1. The van der Waals surface area contributed by atoms with Crippen LogP contribution in [0.15, 0.2) is 24.3 Å². The van der Waals surface area contributed by atoms with Gasteiger partial charge in [-0.15, -0.1) is 9.34 Å². The maximum absolute atomic E-state index is 5.96. The van der Waals surface area contributed by atoms with Gasteiger partial charge in [0, 0.05) is 28.2 Å². The highest BCUT2D eigenvalue weighted by Crippen LogP contribution is 2.69. The molecule has 2 rings (SSSR count). The zero-order valence-electron chi connectivity index (χ0n) is 9.47. The van der Waals surface area contributed by atoms with Crippen LogP contribution in [-0.2, 0) is 0 Å². The Morgan fingerprint density at radius 2 is 1.27 bits per heavy atom. The third-order valence-corrected chi connectivity index (χ3v) is 5.19. The average molecular weight is 227 g/mol. The molecule has 1 aliphatic rings. The molecule has 1 aromatic carbocycles. The van der Waals surface area contributed by atoms with Gasteiger partial charge in [0.15, 0.2) is 0 Å². The van der Waals surface area contributed by atoms with E-state index in [1.165, 1.54) is 0 Å². The van der Waals surface area contributed by atoms with Crippen LogP contribution in [0.1, 0.15) is 0 Å². The lowest BCUT2D eigenvalue weighted by Crippen LogP contribution is -2.31. The molecular weight excluding hydrogens is 211 g/mol. The van der Waals surface area contributed by atoms with Gasteiger partial charge in [0.25, 0.3) is 0 Å². The minimum absolute atomic E-state index is 0.827. The number of rotatable bonds is 2. The van der Waals surface area contributed by atoms with Gasteiger partial charge < -0.3 is 0 Å². The molecule has 0 amide bonds. The molecule has 0 saturated heterocycles. The van der Waals surface area contributed by atoms with Crippen molar-refractivity contribution in [2.75, 3.05) is 28.2 Å². The summed E-state index contributed by atoms with van der Waals surface area (Å²) in [4.78, 5) is 0. The van der Waals surface area contributed by atoms with Crippen LogP contribution >= 0.6 is 8.02 Å². The van der Waals surface area contributed by atoms with Crippen molar-refractivity contribution in [2.45, 2.75) is 0 Å². The maximum Gasteiger partial charge on any atom is 0.522 e. The van der Waals surface area contributed by atoms with E-state index < -0.39 is 8.02 Å². The minimum Gasteiger partial charge on any atom is -0.268 e. The first-order valence-electron chi connectivity index (χ1n) is 4.79. The van der Waals surface area contributed by atoms with Gasteiger partial charge in [-0.25, -0.2) is 0 Å². The van der Waals surface area contributed by atoms with Crippen molar-refractivity contribution in [1.82, 2.24) is 9.34 Å².